The Morgan fingerprint density at radius 3 is 2.80 bits per heavy atom. The zero-order valence-electron chi connectivity index (χ0n) is 11.6. The number of nitrogens with zero attached hydrogens (tertiary/aromatic N) is 1. The van der Waals surface area contributed by atoms with Gasteiger partial charge in [0.25, 0.3) is 5.56 Å². The molecule has 0 aromatic carbocycles. The van der Waals surface area contributed by atoms with E-state index in [2.05, 4.69) is 20.5 Å². The van der Waals surface area contributed by atoms with E-state index in [-0.39, 0.29) is 17.9 Å². The van der Waals surface area contributed by atoms with E-state index in [1.807, 2.05) is 12.3 Å². The Balaban J connectivity index is 1.72. The van der Waals surface area contributed by atoms with Crippen LogP contribution in [0, 0.1) is 13.8 Å². The molecule has 2 heterocycles. The second kappa shape index (κ2) is 6.51. The van der Waals surface area contributed by atoms with Crippen LogP contribution in [0.5, 0.6) is 0 Å². The summed E-state index contributed by atoms with van der Waals surface area (Å²) in [6.07, 6.45) is 1.82. The molecule has 0 aliphatic carbocycles. The van der Waals surface area contributed by atoms with Crippen molar-refractivity contribution in [3.8, 4) is 0 Å². The number of aromatic amines is 2. The van der Waals surface area contributed by atoms with E-state index in [1.165, 1.54) is 0 Å². The highest BCUT2D eigenvalue weighted by Gasteiger charge is 2.10. The fraction of sp³-hybridized carbons (Fsp3) is 0.462. The molecule has 1 amide bonds. The average molecular weight is 294 g/mol. The maximum atomic E-state index is 11.7. The molecule has 0 aliphatic rings. The van der Waals surface area contributed by atoms with E-state index in [0.717, 1.165) is 23.5 Å². The molecule has 0 aliphatic heterocycles. The summed E-state index contributed by atoms with van der Waals surface area (Å²) in [6, 6.07) is 0. The van der Waals surface area contributed by atoms with Gasteiger partial charge in [0.05, 0.1) is 11.4 Å². The molecule has 108 valence electrons. The SMILES string of the molecule is Cc1csc(CCCNC(=O)Cc2c(C)[nH][nH]c2=O)n1. The largest absolute Gasteiger partial charge is 0.356 e. The van der Waals surface area contributed by atoms with Crippen molar-refractivity contribution in [2.45, 2.75) is 33.1 Å². The lowest BCUT2D eigenvalue weighted by Gasteiger charge is -2.03. The molecular formula is C13H18N4O2S. The van der Waals surface area contributed by atoms with Gasteiger partial charge in [-0.1, -0.05) is 0 Å². The first-order chi connectivity index (χ1) is 9.56. The third kappa shape index (κ3) is 3.80. The third-order valence-electron chi connectivity index (χ3n) is 2.98. The molecule has 0 spiro atoms. The lowest BCUT2D eigenvalue weighted by atomic mass is 10.2. The van der Waals surface area contributed by atoms with Gasteiger partial charge in [0.2, 0.25) is 5.91 Å². The van der Waals surface area contributed by atoms with Gasteiger partial charge in [-0.3, -0.25) is 14.7 Å². The van der Waals surface area contributed by atoms with Crippen molar-refractivity contribution in [3.63, 3.8) is 0 Å². The summed E-state index contributed by atoms with van der Waals surface area (Å²) in [7, 11) is 0. The molecule has 0 saturated carbocycles. The number of nitrogens with one attached hydrogen (secondary N) is 3. The van der Waals surface area contributed by atoms with Gasteiger partial charge in [0.1, 0.15) is 0 Å². The summed E-state index contributed by atoms with van der Waals surface area (Å²) in [4.78, 5) is 27.5. The van der Waals surface area contributed by atoms with Crippen molar-refractivity contribution in [1.29, 1.82) is 0 Å². The maximum absolute atomic E-state index is 11.7. The fourth-order valence-electron chi connectivity index (χ4n) is 1.89. The zero-order chi connectivity index (χ0) is 14.5. The van der Waals surface area contributed by atoms with Crippen LogP contribution in [0.2, 0.25) is 0 Å². The molecule has 6 nitrogen and oxygen atoms in total. The predicted molar refractivity (Wildman–Crippen MR) is 78.0 cm³/mol. The maximum Gasteiger partial charge on any atom is 0.267 e. The first-order valence-electron chi connectivity index (χ1n) is 6.50. The number of aryl methyl sites for hydroxylation is 3. The Morgan fingerprint density at radius 2 is 2.20 bits per heavy atom. The summed E-state index contributed by atoms with van der Waals surface area (Å²) in [5, 5.41) is 11.1. The summed E-state index contributed by atoms with van der Waals surface area (Å²) in [5.74, 6) is -0.131. The lowest BCUT2D eigenvalue weighted by Crippen LogP contribution is -2.28. The molecule has 0 saturated heterocycles. The molecule has 0 fully saturated rings. The molecule has 3 N–H and O–H groups in total. The number of H-pyrrole nitrogens is 2. The minimum absolute atomic E-state index is 0.112. The first kappa shape index (κ1) is 14.5. The lowest BCUT2D eigenvalue weighted by molar-refractivity contribution is -0.120. The second-order valence-corrected chi connectivity index (χ2v) is 5.64. The molecule has 0 radical (unpaired) electrons. The van der Waals surface area contributed by atoms with Gasteiger partial charge in [-0.15, -0.1) is 11.3 Å². The van der Waals surface area contributed by atoms with Crippen LogP contribution in [-0.2, 0) is 17.6 Å². The number of amides is 1. The molecule has 7 heteroatoms. The van der Waals surface area contributed by atoms with Crippen molar-refractivity contribution >= 4 is 17.2 Å². The van der Waals surface area contributed by atoms with Crippen LogP contribution in [0.1, 0.15) is 28.4 Å². The van der Waals surface area contributed by atoms with Crippen LogP contribution in [0.3, 0.4) is 0 Å². The van der Waals surface area contributed by atoms with Gasteiger partial charge < -0.3 is 10.4 Å². The van der Waals surface area contributed by atoms with Crippen LogP contribution in [0.15, 0.2) is 10.2 Å². The van der Waals surface area contributed by atoms with Crippen LogP contribution in [0.4, 0.5) is 0 Å². The highest BCUT2D eigenvalue weighted by molar-refractivity contribution is 7.09. The van der Waals surface area contributed by atoms with Crippen LogP contribution >= 0.6 is 11.3 Å². The predicted octanol–water partition coefficient (Wildman–Crippen LogP) is 1.07. The summed E-state index contributed by atoms with van der Waals surface area (Å²) < 4.78 is 0. The number of carbonyl (C=O) groups is 1. The Hall–Kier alpha value is -1.89. The van der Waals surface area contributed by atoms with Crippen molar-refractivity contribution in [2.75, 3.05) is 6.54 Å². The topological polar surface area (TPSA) is 90.6 Å². The van der Waals surface area contributed by atoms with Gasteiger partial charge in [-0.05, 0) is 20.3 Å². The number of hydrogen-bond acceptors (Lipinski definition) is 4. The van der Waals surface area contributed by atoms with Crippen molar-refractivity contribution < 1.29 is 4.79 Å². The molecular weight excluding hydrogens is 276 g/mol. The normalized spacial score (nSPS) is 10.7. The minimum Gasteiger partial charge on any atom is -0.356 e. The van der Waals surface area contributed by atoms with Crippen molar-refractivity contribution in [3.05, 3.63) is 37.7 Å². The smallest absolute Gasteiger partial charge is 0.267 e. The number of rotatable bonds is 6. The number of thiazole rings is 1. The molecule has 2 rings (SSSR count). The monoisotopic (exact) mass is 294 g/mol. The number of aromatic nitrogens is 3. The third-order valence-corrected chi connectivity index (χ3v) is 4.01. The summed E-state index contributed by atoms with van der Waals surface area (Å²) in [5.41, 5.74) is 2.02. The highest BCUT2D eigenvalue weighted by Crippen LogP contribution is 2.10. The van der Waals surface area contributed by atoms with Crippen molar-refractivity contribution in [1.82, 2.24) is 20.5 Å². The molecule has 0 unspecified atom stereocenters. The van der Waals surface area contributed by atoms with E-state index in [4.69, 9.17) is 0 Å². The Morgan fingerprint density at radius 1 is 1.40 bits per heavy atom. The second-order valence-electron chi connectivity index (χ2n) is 4.70. The van der Waals surface area contributed by atoms with Crippen LogP contribution in [0.25, 0.3) is 0 Å². The van der Waals surface area contributed by atoms with E-state index in [1.54, 1.807) is 18.3 Å². The Labute approximate surface area is 120 Å². The van der Waals surface area contributed by atoms with E-state index in [9.17, 15) is 9.59 Å². The van der Waals surface area contributed by atoms with Gasteiger partial charge in [-0.25, -0.2) is 4.98 Å². The summed E-state index contributed by atoms with van der Waals surface area (Å²) >= 11 is 1.64. The van der Waals surface area contributed by atoms with Gasteiger partial charge in [-0.2, -0.15) is 0 Å². The average Bonchev–Trinajstić information content (AvgIpc) is 2.95. The quantitative estimate of drug-likeness (QED) is 0.696. The van der Waals surface area contributed by atoms with E-state index >= 15 is 0 Å². The molecule has 20 heavy (non-hydrogen) atoms. The summed E-state index contributed by atoms with van der Waals surface area (Å²) in [6.45, 7) is 4.34. The standard InChI is InChI=1S/C13H18N4O2S/c1-8-7-20-12(15-8)4-3-5-14-11(18)6-10-9(2)16-17-13(10)19/h7H,3-6H2,1-2H3,(H,14,18)(H2,16,17,19). The molecule has 2 aromatic heterocycles. The molecule has 0 bridgehead atoms. The Bertz CT molecular complexity index is 641. The van der Waals surface area contributed by atoms with E-state index in [0.29, 0.717) is 17.8 Å². The fourth-order valence-corrected chi connectivity index (χ4v) is 2.71. The minimum atomic E-state index is -0.226. The Kier molecular flexibility index (Phi) is 4.73. The molecule has 0 atom stereocenters. The van der Waals surface area contributed by atoms with E-state index < -0.39 is 0 Å². The number of hydrogen-bond donors (Lipinski definition) is 3. The van der Waals surface area contributed by atoms with Crippen LogP contribution in [-0.4, -0.2) is 27.6 Å². The van der Waals surface area contributed by atoms with Crippen LogP contribution < -0.4 is 10.9 Å². The molecule has 2 aromatic rings. The van der Waals surface area contributed by atoms with Crippen molar-refractivity contribution in [2.24, 2.45) is 0 Å². The zero-order valence-corrected chi connectivity index (χ0v) is 12.4. The van der Waals surface area contributed by atoms with Gasteiger partial charge >= 0.3 is 0 Å². The highest BCUT2D eigenvalue weighted by atomic mass is 32.1. The first-order valence-corrected chi connectivity index (χ1v) is 7.38. The number of carbonyl (C=O) groups excluding carboxylic acids is 1. The van der Waals surface area contributed by atoms with Gasteiger partial charge in [0, 0.05) is 35.3 Å². The van der Waals surface area contributed by atoms with Gasteiger partial charge in [0.15, 0.2) is 0 Å².